The van der Waals surface area contributed by atoms with E-state index in [1.54, 1.807) is 0 Å². The van der Waals surface area contributed by atoms with Crippen molar-refractivity contribution in [1.82, 2.24) is 5.32 Å². The lowest BCUT2D eigenvalue weighted by molar-refractivity contribution is 0.783. The molecule has 1 aromatic carbocycles. The summed E-state index contributed by atoms with van der Waals surface area (Å²) >= 11 is 1.83. The Morgan fingerprint density at radius 2 is 2.15 bits per heavy atom. The van der Waals surface area contributed by atoms with Crippen LogP contribution in [0.4, 0.5) is 0 Å². The van der Waals surface area contributed by atoms with Crippen LogP contribution in [0.3, 0.4) is 0 Å². The summed E-state index contributed by atoms with van der Waals surface area (Å²) in [6.07, 6.45) is 3.25. The molecule has 1 N–H and O–H groups in total. The minimum atomic E-state index is 1.05. The molecule has 0 bridgehead atoms. The molecule has 1 rings (SSSR count). The molecule has 0 radical (unpaired) electrons. The third-order valence-electron chi connectivity index (χ3n) is 2.08. The van der Waals surface area contributed by atoms with E-state index < -0.39 is 0 Å². The van der Waals surface area contributed by atoms with Crippen molar-refractivity contribution in [2.24, 2.45) is 0 Å². The lowest BCUT2D eigenvalue weighted by Gasteiger charge is -2.07. The fraction of sp³-hybridized carbons (Fsp3) is 0.455. The molecule has 0 aromatic heterocycles. The topological polar surface area (TPSA) is 12.0 Å². The van der Waals surface area contributed by atoms with Gasteiger partial charge < -0.3 is 5.32 Å². The van der Waals surface area contributed by atoms with Crippen LogP contribution in [0.25, 0.3) is 0 Å². The quantitative estimate of drug-likeness (QED) is 0.741. The Morgan fingerprint density at radius 1 is 1.38 bits per heavy atom. The van der Waals surface area contributed by atoms with E-state index in [9.17, 15) is 0 Å². The third-order valence-corrected chi connectivity index (χ3v) is 2.92. The molecule has 0 heterocycles. The molecule has 0 aliphatic carbocycles. The van der Waals surface area contributed by atoms with E-state index in [4.69, 9.17) is 0 Å². The molecule has 1 nitrogen and oxygen atoms in total. The standard InChI is InChI=1S/C11H17NS/c1-9-4-5-11(13-3)10(8-9)6-7-12-2/h4-5,8,12H,6-7H2,1-3H3. The first-order valence-corrected chi connectivity index (χ1v) is 5.78. The van der Waals surface area contributed by atoms with Crippen molar-refractivity contribution in [3.63, 3.8) is 0 Å². The maximum atomic E-state index is 3.18. The molecule has 0 spiro atoms. The summed E-state index contributed by atoms with van der Waals surface area (Å²) in [5, 5.41) is 3.18. The number of benzene rings is 1. The maximum absolute atomic E-state index is 3.18. The molecule has 72 valence electrons. The molecular formula is C11H17NS. The molecule has 0 atom stereocenters. The van der Waals surface area contributed by atoms with Gasteiger partial charge in [0.1, 0.15) is 0 Å². The molecule has 0 amide bonds. The largest absolute Gasteiger partial charge is 0.319 e. The fourth-order valence-electron chi connectivity index (χ4n) is 1.36. The number of hydrogen-bond donors (Lipinski definition) is 1. The van der Waals surface area contributed by atoms with Crippen molar-refractivity contribution in [3.8, 4) is 0 Å². The summed E-state index contributed by atoms with van der Waals surface area (Å²) in [5.74, 6) is 0. The van der Waals surface area contributed by atoms with Gasteiger partial charge in [-0.05, 0) is 44.8 Å². The van der Waals surface area contributed by atoms with E-state index in [1.807, 2.05) is 18.8 Å². The van der Waals surface area contributed by atoms with Crippen molar-refractivity contribution in [2.75, 3.05) is 19.8 Å². The van der Waals surface area contributed by atoms with Crippen molar-refractivity contribution in [1.29, 1.82) is 0 Å². The zero-order valence-corrected chi connectivity index (χ0v) is 9.37. The van der Waals surface area contributed by atoms with Crippen LogP contribution in [0.1, 0.15) is 11.1 Å². The van der Waals surface area contributed by atoms with Gasteiger partial charge in [0.25, 0.3) is 0 Å². The van der Waals surface area contributed by atoms with Crippen LogP contribution in [0.5, 0.6) is 0 Å². The Balaban J connectivity index is 2.81. The smallest absolute Gasteiger partial charge is 0.0102 e. The molecule has 0 saturated carbocycles. The van der Waals surface area contributed by atoms with Crippen molar-refractivity contribution < 1.29 is 0 Å². The number of aryl methyl sites for hydroxylation is 1. The second kappa shape index (κ2) is 5.30. The molecule has 0 aliphatic heterocycles. The summed E-state index contributed by atoms with van der Waals surface area (Å²) in [4.78, 5) is 1.40. The van der Waals surface area contributed by atoms with Crippen LogP contribution in [0.15, 0.2) is 23.1 Å². The number of rotatable bonds is 4. The Labute approximate surface area is 84.9 Å². The van der Waals surface area contributed by atoms with Gasteiger partial charge in [-0.2, -0.15) is 0 Å². The predicted molar refractivity (Wildman–Crippen MR) is 60.6 cm³/mol. The van der Waals surface area contributed by atoms with E-state index in [0.29, 0.717) is 0 Å². The molecule has 13 heavy (non-hydrogen) atoms. The summed E-state index contributed by atoms with van der Waals surface area (Å²) in [7, 11) is 1.99. The van der Waals surface area contributed by atoms with Gasteiger partial charge in [0.15, 0.2) is 0 Å². The van der Waals surface area contributed by atoms with Gasteiger partial charge in [-0.1, -0.05) is 17.7 Å². The van der Waals surface area contributed by atoms with Gasteiger partial charge in [0, 0.05) is 4.90 Å². The first-order valence-electron chi connectivity index (χ1n) is 4.56. The van der Waals surface area contributed by atoms with Gasteiger partial charge in [0.2, 0.25) is 0 Å². The van der Waals surface area contributed by atoms with E-state index in [0.717, 1.165) is 13.0 Å². The summed E-state index contributed by atoms with van der Waals surface area (Å²) in [6, 6.07) is 6.67. The molecule has 0 saturated heterocycles. The van der Waals surface area contributed by atoms with Crippen molar-refractivity contribution >= 4 is 11.8 Å². The highest BCUT2D eigenvalue weighted by Crippen LogP contribution is 2.21. The van der Waals surface area contributed by atoms with Gasteiger partial charge in [-0.3, -0.25) is 0 Å². The van der Waals surface area contributed by atoms with E-state index in [-0.39, 0.29) is 0 Å². The van der Waals surface area contributed by atoms with Gasteiger partial charge in [0.05, 0.1) is 0 Å². The average molecular weight is 195 g/mol. The fourth-order valence-corrected chi connectivity index (χ4v) is 1.99. The second-order valence-electron chi connectivity index (χ2n) is 3.17. The molecule has 0 fully saturated rings. The molecule has 1 aromatic rings. The minimum Gasteiger partial charge on any atom is -0.319 e. The summed E-state index contributed by atoms with van der Waals surface area (Å²) < 4.78 is 0. The normalized spacial score (nSPS) is 10.4. The molecule has 2 heteroatoms. The zero-order valence-electron chi connectivity index (χ0n) is 8.55. The van der Waals surface area contributed by atoms with Gasteiger partial charge in [-0.25, -0.2) is 0 Å². The predicted octanol–water partition coefficient (Wildman–Crippen LogP) is 2.48. The lowest BCUT2D eigenvalue weighted by Crippen LogP contribution is -2.10. The summed E-state index contributed by atoms with van der Waals surface area (Å²) in [6.45, 7) is 3.20. The third kappa shape index (κ3) is 3.05. The first kappa shape index (κ1) is 10.6. The second-order valence-corrected chi connectivity index (χ2v) is 4.02. The highest BCUT2D eigenvalue weighted by Gasteiger charge is 2.00. The highest BCUT2D eigenvalue weighted by molar-refractivity contribution is 7.98. The van der Waals surface area contributed by atoms with Gasteiger partial charge >= 0.3 is 0 Å². The van der Waals surface area contributed by atoms with Crippen molar-refractivity contribution in [2.45, 2.75) is 18.2 Å². The molecule has 0 aliphatic rings. The van der Waals surface area contributed by atoms with Gasteiger partial charge in [-0.15, -0.1) is 11.8 Å². The molecular weight excluding hydrogens is 178 g/mol. The monoisotopic (exact) mass is 195 g/mol. The Bertz CT molecular complexity index is 271. The first-order chi connectivity index (χ1) is 6.27. The van der Waals surface area contributed by atoms with Crippen LogP contribution in [-0.2, 0) is 6.42 Å². The Kier molecular flexibility index (Phi) is 4.33. The number of hydrogen-bond acceptors (Lipinski definition) is 2. The summed E-state index contributed by atoms with van der Waals surface area (Å²) in [5.41, 5.74) is 2.81. The minimum absolute atomic E-state index is 1.05. The van der Waals surface area contributed by atoms with Crippen LogP contribution in [-0.4, -0.2) is 19.8 Å². The average Bonchev–Trinajstić information content (AvgIpc) is 2.15. The molecule has 0 unspecified atom stereocenters. The van der Waals surface area contributed by atoms with E-state index >= 15 is 0 Å². The van der Waals surface area contributed by atoms with Crippen LogP contribution < -0.4 is 5.32 Å². The Hall–Kier alpha value is -0.470. The number of nitrogens with one attached hydrogen (secondary N) is 1. The highest BCUT2D eigenvalue weighted by atomic mass is 32.2. The Morgan fingerprint density at radius 3 is 2.77 bits per heavy atom. The number of thioether (sulfide) groups is 1. The van der Waals surface area contributed by atoms with E-state index in [2.05, 4.69) is 36.7 Å². The van der Waals surface area contributed by atoms with Crippen LogP contribution in [0, 0.1) is 6.92 Å². The number of likely N-dealkylation sites (N-methyl/N-ethyl adjacent to an activating group) is 1. The van der Waals surface area contributed by atoms with Crippen LogP contribution in [0.2, 0.25) is 0 Å². The van der Waals surface area contributed by atoms with Crippen LogP contribution >= 0.6 is 11.8 Å². The zero-order chi connectivity index (χ0) is 9.68. The SMILES string of the molecule is CNCCc1cc(C)ccc1SC. The van der Waals surface area contributed by atoms with E-state index in [1.165, 1.54) is 16.0 Å². The van der Waals surface area contributed by atoms with Crippen molar-refractivity contribution in [3.05, 3.63) is 29.3 Å². The maximum Gasteiger partial charge on any atom is 0.0102 e. The lowest BCUT2D eigenvalue weighted by atomic mass is 10.1.